The number of aryl methyl sites for hydroxylation is 1. The summed E-state index contributed by atoms with van der Waals surface area (Å²) in [6, 6.07) is 2.72. The molecule has 2 aromatic rings. The van der Waals surface area contributed by atoms with Crippen LogP contribution in [-0.4, -0.2) is 16.0 Å². The Hall–Kier alpha value is -1.72. The molecule has 0 saturated carbocycles. The van der Waals surface area contributed by atoms with Gasteiger partial charge in [-0.05, 0) is 31.4 Å². The fourth-order valence-electron chi connectivity index (χ4n) is 2.92. The van der Waals surface area contributed by atoms with Crippen molar-refractivity contribution in [1.82, 2.24) is 4.57 Å². The molecule has 23 heavy (non-hydrogen) atoms. The summed E-state index contributed by atoms with van der Waals surface area (Å²) in [5, 5.41) is 20.2. The topological polar surface area (TPSA) is 117 Å². The predicted octanol–water partition coefficient (Wildman–Crippen LogP) is -2.94. The number of carbonyl (C=O) groups is 1. The number of hydrogen-bond donors (Lipinski definition) is 0. The molecule has 3 rings (SSSR count). The quantitative estimate of drug-likeness (QED) is 0.521. The summed E-state index contributed by atoms with van der Waals surface area (Å²) in [5.41, 5.74) is -0.440. The smallest absolute Gasteiger partial charge is 0.545 e. The van der Waals surface area contributed by atoms with Crippen LogP contribution in [0.4, 0.5) is 4.39 Å². The zero-order chi connectivity index (χ0) is 15.3. The van der Waals surface area contributed by atoms with Crippen molar-refractivity contribution in [2.24, 2.45) is 0 Å². The van der Waals surface area contributed by atoms with Crippen molar-refractivity contribution >= 4 is 16.9 Å². The van der Waals surface area contributed by atoms with Crippen LogP contribution < -0.4 is 40.1 Å². The van der Waals surface area contributed by atoms with E-state index >= 15 is 0 Å². The number of carboxylic acid groups (broad SMARTS) is 1. The van der Waals surface area contributed by atoms with Gasteiger partial charge in [0.1, 0.15) is 11.9 Å². The summed E-state index contributed by atoms with van der Waals surface area (Å²) in [6.07, 6.45) is 2.34. The third kappa shape index (κ3) is 2.79. The summed E-state index contributed by atoms with van der Waals surface area (Å²) >= 11 is 0. The molecule has 1 aromatic carbocycles. The third-order valence-electron chi connectivity index (χ3n) is 3.99. The monoisotopic (exact) mass is 326 g/mol. The number of halogens is 1. The fraction of sp³-hybridized carbons (Fsp3) is 0.267. The maximum absolute atomic E-state index is 14.0. The van der Waals surface area contributed by atoms with E-state index in [4.69, 9.17) is 5.26 Å². The van der Waals surface area contributed by atoms with Crippen molar-refractivity contribution in [2.75, 3.05) is 0 Å². The molecule has 1 aliphatic rings. The molecule has 0 bridgehead atoms. The summed E-state index contributed by atoms with van der Waals surface area (Å²) in [6.45, 7) is 1.88. The number of rotatable bonds is 1. The number of carbonyl (C=O) groups excluding carboxylic acids is 1. The molecule has 114 valence electrons. The first kappa shape index (κ1) is 19.3. The molecule has 1 aliphatic heterocycles. The van der Waals surface area contributed by atoms with Crippen molar-refractivity contribution in [1.29, 1.82) is 5.26 Å². The van der Waals surface area contributed by atoms with Gasteiger partial charge in [-0.1, -0.05) is 0 Å². The number of carboxylic acids is 1. The van der Waals surface area contributed by atoms with Crippen LogP contribution in [0.2, 0.25) is 0 Å². The second-order valence-electron chi connectivity index (χ2n) is 5.17. The van der Waals surface area contributed by atoms with E-state index in [1.807, 2.05) is 13.0 Å². The van der Waals surface area contributed by atoms with E-state index in [-0.39, 0.29) is 52.0 Å². The van der Waals surface area contributed by atoms with E-state index in [0.717, 1.165) is 6.07 Å². The van der Waals surface area contributed by atoms with Crippen LogP contribution >= 0.6 is 0 Å². The van der Waals surface area contributed by atoms with Crippen LogP contribution in [0.3, 0.4) is 0 Å². The van der Waals surface area contributed by atoms with Gasteiger partial charge in [0.2, 0.25) is 0 Å². The van der Waals surface area contributed by atoms with E-state index in [9.17, 15) is 19.1 Å². The number of nitriles is 1. The molecule has 1 aromatic heterocycles. The van der Waals surface area contributed by atoms with Crippen LogP contribution in [0, 0.1) is 17.1 Å². The van der Waals surface area contributed by atoms with Crippen molar-refractivity contribution in [3.05, 3.63) is 45.0 Å². The maximum atomic E-state index is 14.0. The minimum absolute atomic E-state index is 0. The maximum Gasteiger partial charge on any atom is 1.00 e. The minimum atomic E-state index is -1.59. The molecule has 0 fully saturated rings. The van der Waals surface area contributed by atoms with Gasteiger partial charge in [-0.2, -0.15) is 5.26 Å². The summed E-state index contributed by atoms with van der Waals surface area (Å²) in [7, 11) is 0. The van der Waals surface area contributed by atoms with Crippen molar-refractivity contribution in [2.45, 2.75) is 25.8 Å². The first-order valence-electron chi connectivity index (χ1n) is 6.47. The van der Waals surface area contributed by atoms with Crippen molar-refractivity contribution < 1.29 is 49.3 Å². The van der Waals surface area contributed by atoms with Gasteiger partial charge in [0, 0.05) is 17.6 Å². The van der Waals surface area contributed by atoms with Gasteiger partial charge in [-0.15, -0.1) is 0 Å². The molecule has 1 atom stereocenters. The molecule has 2 N–H and O–H groups in total. The van der Waals surface area contributed by atoms with Gasteiger partial charge >= 0.3 is 29.6 Å². The summed E-state index contributed by atoms with van der Waals surface area (Å²) < 4.78 is 15.6. The number of benzene rings is 1. The van der Waals surface area contributed by atoms with Gasteiger partial charge in [0.05, 0.1) is 22.6 Å². The molecule has 8 heteroatoms. The Morgan fingerprint density at radius 1 is 1.52 bits per heavy atom. The Bertz CT molecular complexity index is 901. The average molecular weight is 326 g/mol. The van der Waals surface area contributed by atoms with Crippen molar-refractivity contribution in [3.8, 4) is 6.07 Å². The molecule has 2 heterocycles. The van der Waals surface area contributed by atoms with Gasteiger partial charge in [-0.3, -0.25) is 4.79 Å². The van der Waals surface area contributed by atoms with Crippen LogP contribution in [0.25, 0.3) is 10.9 Å². The first-order chi connectivity index (χ1) is 9.95. The Kier molecular flexibility index (Phi) is 5.72. The molecule has 0 saturated heterocycles. The molecule has 6 nitrogen and oxygen atoms in total. The normalized spacial score (nSPS) is 15.3. The second-order valence-corrected chi connectivity index (χ2v) is 5.17. The molecule has 1 unspecified atom stereocenters. The Morgan fingerprint density at radius 2 is 2.17 bits per heavy atom. The fourth-order valence-corrected chi connectivity index (χ4v) is 2.92. The molecule has 0 spiro atoms. The van der Waals surface area contributed by atoms with Crippen LogP contribution in [0.1, 0.15) is 40.9 Å². The Morgan fingerprint density at radius 3 is 2.74 bits per heavy atom. The van der Waals surface area contributed by atoms with E-state index < -0.39 is 22.8 Å². The Balaban J connectivity index is 0.00000132. The van der Waals surface area contributed by atoms with Gasteiger partial charge in [0.15, 0.2) is 5.43 Å². The molecule has 0 amide bonds. The van der Waals surface area contributed by atoms with E-state index in [1.165, 1.54) is 6.20 Å². The van der Waals surface area contributed by atoms with Crippen LogP contribution in [0.5, 0.6) is 0 Å². The number of pyridine rings is 1. The molecule has 0 aliphatic carbocycles. The minimum Gasteiger partial charge on any atom is -0.545 e. The van der Waals surface area contributed by atoms with Crippen molar-refractivity contribution in [3.63, 3.8) is 0 Å². The zero-order valence-corrected chi connectivity index (χ0v) is 14.6. The van der Waals surface area contributed by atoms with Crippen LogP contribution in [0.15, 0.2) is 17.1 Å². The zero-order valence-electron chi connectivity index (χ0n) is 12.6. The largest absolute Gasteiger partial charge is 1.00 e. The number of nitrogens with zero attached hydrogens (tertiary/aromatic N) is 2. The Labute approximate surface area is 152 Å². The summed E-state index contributed by atoms with van der Waals surface area (Å²) in [5.74, 6) is -2.39. The van der Waals surface area contributed by atoms with E-state index in [1.54, 1.807) is 4.57 Å². The molecule has 0 radical (unpaired) electrons. The SMILES string of the molecule is CC1CCc2c(C#N)c(F)cc3c(=O)c(C(=O)[O-])cn1c23.O.[Na+]. The third-order valence-corrected chi connectivity index (χ3v) is 3.99. The van der Waals surface area contributed by atoms with Gasteiger partial charge < -0.3 is 19.9 Å². The number of hydrogen-bond acceptors (Lipinski definition) is 4. The van der Waals surface area contributed by atoms with Gasteiger partial charge in [0.25, 0.3) is 0 Å². The first-order valence-corrected chi connectivity index (χ1v) is 6.47. The second kappa shape index (κ2) is 6.81. The average Bonchev–Trinajstić information content (AvgIpc) is 2.44. The molecular formula is C15H12FN2NaO4. The standard InChI is InChI=1S/C15H11FN2O3.Na.H2O/c1-7-2-3-8-10(5-17)12(16)4-9-13(8)18(7)6-11(14(9)19)15(20)21;;/h4,6-7H,2-3H2,1H3,(H,20,21);;1H2/q;+1;/p-1. The molecular weight excluding hydrogens is 314 g/mol. The number of aromatic nitrogens is 1. The van der Waals surface area contributed by atoms with Crippen LogP contribution in [-0.2, 0) is 6.42 Å². The van der Waals surface area contributed by atoms with E-state index in [0.29, 0.717) is 23.9 Å². The summed E-state index contributed by atoms with van der Waals surface area (Å²) in [4.78, 5) is 23.3. The predicted molar refractivity (Wildman–Crippen MR) is 73.9 cm³/mol. The van der Waals surface area contributed by atoms with E-state index in [2.05, 4.69) is 0 Å². The van der Waals surface area contributed by atoms with Gasteiger partial charge in [-0.25, -0.2) is 4.39 Å². The number of aromatic carboxylic acids is 1.